The van der Waals surface area contributed by atoms with Gasteiger partial charge in [0.1, 0.15) is 17.9 Å². The summed E-state index contributed by atoms with van der Waals surface area (Å²) < 4.78 is 28.7. The number of fused-ring (bicyclic) bond motifs is 2. The van der Waals surface area contributed by atoms with Gasteiger partial charge in [0.15, 0.2) is 0 Å². The van der Waals surface area contributed by atoms with Crippen molar-refractivity contribution < 1.29 is 13.6 Å². The van der Waals surface area contributed by atoms with Crippen molar-refractivity contribution in [3.8, 4) is 11.4 Å². The molecular weight excluding hydrogens is 422 g/mol. The first-order valence-corrected chi connectivity index (χ1v) is 10.2. The van der Waals surface area contributed by atoms with E-state index >= 15 is 0 Å². The number of aryl methyl sites for hydroxylation is 1. The van der Waals surface area contributed by atoms with Crippen molar-refractivity contribution in [1.29, 1.82) is 0 Å². The van der Waals surface area contributed by atoms with Crippen LogP contribution in [-0.4, -0.2) is 15.8 Å². The van der Waals surface area contributed by atoms with Crippen molar-refractivity contribution >= 4 is 34.4 Å². The first-order valence-electron chi connectivity index (χ1n) is 10.2. The first kappa shape index (κ1) is 20.5. The van der Waals surface area contributed by atoms with Gasteiger partial charge in [-0.3, -0.25) is 4.79 Å². The second-order valence-corrected chi connectivity index (χ2v) is 7.62. The second-order valence-electron chi connectivity index (χ2n) is 7.62. The Morgan fingerprint density at radius 1 is 0.909 bits per heavy atom. The van der Waals surface area contributed by atoms with Crippen LogP contribution in [0.25, 0.3) is 22.4 Å². The number of aldehydes is 1. The standard InChI is InChI=1S/C26H18F2N4O/c1-32-25-11-2-16(15-33)12-23(25)31-24-13-21(29-19-7-3-17(27)4-8-19)22(14-26(24)32)30-20-9-5-18(28)6-10-20/h2-15,29H,1H3. The molecule has 0 saturated carbocycles. The van der Waals surface area contributed by atoms with Gasteiger partial charge < -0.3 is 9.88 Å². The van der Waals surface area contributed by atoms with Crippen molar-refractivity contribution in [2.24, 2.45) is 12.0 Å². The molecule has 0 bridgehead atoms. The molecule has 0 fully saturated rings. The van der Waals surface area contributed by atoms with E-state index in [0.29, 0.717) is 39.2 Å². The fourth-order valence-corrected chi connectivity index (χ4v) is 3.71. The molecule has 1 heterocycles. The van der Waals surface area contributed by atoms with Gasteiger partial charge in [0.25, 0.3) is 0 Å². The quantitative estimate of drug-likeness (QED) is 0.286. The molecule has 7 heteroatoms. The second kappa shape index (κ2) is 8.27. The molecule has 0 saturated heterocycles. The zero-order valence-electron chi connectivity index (χ0n) is 17.6. The van der Waals surface area contributed by atoms with Crippen molar-refractivity contribution in [2.45, 2.75) is 0 Å². The number of rotatable bonds is 4. The average Bonchev–Trinajstić information content (AvgIpc) is 2.82. The minimum absolute atomic E-state index is 0.332. The Morgan fingerprint density at radius 3 is 2.30 bits per heavy atom. The monoisotopic (exact) mass is 440 g/mol. The maximum absolute atomic E-state index is 13.4. The molecule has 162 valence electrons. The van der Waals surface area contributed by atoms with Crippen molar-refractivity contribution in [3.63, 3.8) is 0 Å². The van der Waals surface area contributed by atoms with Gasteiger partial charge in [-0.25, -0.2) is 18.8 Å². The largest absolute Gasteiger partial charge is 0.354 e. The highest BCUT2D eigenvalue weighted by atomic mass is 19.1. The zero-order valence-corrected chi connectivity index (χ0v) is 17.6. The minimum atomic E-state index is -0.339. The minimum Gasteiger partial charge on any atom is -0.354 e. The molecule has 33 heavy (non-hydrogen) atoms. The number of benzene rings is 4. The number of nitrogens with zero attached hydrogens (tertiary/aromatic N) is 3. The third kappa shape index (κ3) is 4.08. The number of anilines is 2. The van der Waals surface area contributed by atoms with Gasteiger partial charge >= 0.3 is 0 Å². The van der Waals surface area contributed by atoms with E-state index in [0.717, 1.165) is 17.5 Å². The van der Waals surface area contributed by atoms with Gasteiger partial charge in [-0.1, -0.05) is 0 Å². The third-order valence-electron chi connectivity index (χ3n) is 5.39. The summed E-state index contributed by atoms with van der Waals surface area (Å²) in [4.78, 5) is 20.7. The van der Waals surface area contributed by atoms with E-state index in [9.17, 15) is 13.6 Å². The van der Waals surface area contributed by atoms with Gasteiger partial charge in [0, 0.05) is 18.3 Å². The van der Waals surface area contributed by atoms with Crippen molar-refractivity contribution in [2.75, 3.05) is 5.32 Å². The van der Waals surface area contributed by atoms with Crippen LogP contribution in [0.2, 0.25) is 0 Å². The number of hydrogen-bond acceptors (Lipinski definition) is 4. The van der Waals surface area contributed by atoms with Crippen LogP contribution >= 0.6 is 0 Å². The van der Waals surface area contributed by atoms with E-state index in [1.807, 2.05) is 29.8 Å². The Bertz CT molecular complexity index is 1520. The first-order chi connectivity index (χ1) is 16.0. The van der Waals surface area contributed by atoms with E-state index in [4.69, 9.17) is 9.98 Å². The van der Waals surface area contributed by atoms with Gasteiger partial charge in [-0.15, -0.1) is 0 Å². The van der Waals surface area contributed by atoms with Crippen LogP contribution in [0.1, 0.15) is 10.4 Å². The summed E-state index contributed by atoms with van der Waals surface area (Å²) in [6.07, 6.45) is 0.789. The SMILES string of the molecule is Cn1c2cc(=Nc3ccc(F)cc3)c(Nc3ccc(F)cc3)cc-2nc2cc(C=O)ccc21. The Balaban J connectivity index is 1.75. The normalized spacial score (nSPS) is 11.8. The molecule has 0 atom stereocenters. The summed E-state index contributed by atoms with van der Waals surface area (Å²) in [5, 5.41) is 3.88. The number of aromatic nitrogens is 2. The molecule has 5 nitrogen and oxygen atoms in total. The molecular formula is C26H18F2N4O. The van der Waals surface area contributed by atoms with Crippen molar-refractivity contribution in [1.82, 2.24) is 9.55 Å². The van der Waals surface area contributed by atoms with Crippen molar-refractivity contribution in [3.05, 3.63) is 101 Å². The predicted octanol–water partition coefficient (Wildman–Crippen LogP) is 5.74. The van der Waals surface area contributed by atoms with Crippen LogP contribution in [-0.2, 0) is 7.05 Å². The highest BCUT2D eigenvalue weighted by Gasteiger charge is 2.14. The lowest BCUT2D eigenvalue weighted by Gasteiger charge is -2.17. The Morgan fingerprint density at radius 2 is 1.61 bits per heavy atom. The fraction of sp³-hybridized carbons (Fsp3) is 0.0385. The maximum Gasteiger partial charge on any atom is 0.150 e. The lowest BCUT2D eigenvalue weighted by atomic mass is 10.1. The average molecular weight is 440 g/mol. The Hall–Kier alpha value is -4.39. The molecule has 1 N–H and O–H groups in total. The highest BCUT2D eigenvalue weighted by Crippen LogP contribution is 2.27. The van der Waals surface area contributed by atoms with Gasteiger partial charge in [0.05, 0.1) is 39.2 Å². The Kier molecular flexibility index (Phi) is 5.14. The molecule has 1 aliphatic carbocycles. The highest BCUT2D eigenvalue weighted by molar-refractivity contribution is 5.87. The Labute approximate surface area is 188 Å². The van der Waals surface area contributed by atoms with Crippen LogP contribution in [0, 0.1) is 11.6 Å². The molecule has 5 rings (SSSR count). The molecule has 0 spiro atoms. The number of halogens is 2. The molecule has 1 aliphatic heterocycles. The van der Waals surface area contributed by atoms with Crippen LogP contribution in [0.3, 0.4) is 0 Å². The maximum atomic E-state index is 13.4. The van der Waals surface area contributed by atoms with E-state index in [-0.39, 0.29) is 11.6 Å². The molecule has 0 aromatic heterocycles. The van der Waals surface area contributed by atoms with E-state index in [2.05, 4.69) is 5.32 Å². The summed E-state index contributed by atoms with van der Waals surface area (Å²) >= 11 is 0. The van der Waals surface area contributed by atoms with Gasteiger partial charge in [0.2, 0.25) is 0 Å². The van der Waals surface area contributed by atoms with Crippen LogP contribution in [0.4, 0.5) is 25.8 Å². The summed E-state index contributed by atoms with van der Waals surface area (Å²) in [6, 6.07) is 21.0. The fourth-order valence-electron chi connectivity index (χ4n) is 3.71. The summed E-state index contributed by atoms with van der Waals surface area (Å²) in [5.74, 6) is -0.671. The van der Waals surface area contributed by atoms with E-state index in [1.54, 1.807) is 36.4 Å². The zero-order chi connectivity index (χ0) is 22.9. The van der Waals surface area contributed by atoms with Crippen LogP contribution in [0.5, 0.6) is 0 Å². The smallest absolute Gasteiger partial charge is 0.150 e. The van der Waals surface area contributed by atoms with Gasteiger partial charge in [-0.2, -0.15) is 0 Å². The number of carbonyl (C=O) groups is 1. The number of nitrogens with one attached hydrogen (secondary N) is 1. The molecule has 0 radical (unpaired) electrons. The third-order valence-corrected chi connectivity index (χ3v) is 5.39. The summed E-state index contributed by atoms with van der Waals surface area (Å²) in [7, 11) is 1.92. The lowest BCUT2D eigenvalue weighted by molar-refractivity contribution is 0.112. The van der Waals surface area contributed by atoms with E-state index in [1.165, 1.54) is 24.3 Å². The molecule has 0 amide bonds. The summed E-state index contributed by atoms with van der Waals surface area (Å²) in [6.45, 7) is 0. The van der Waals surface area contributed by atoms with E-state index < -0.39 is 0 Å². The lowest BCUT2D eigenvalue weighted by Crippen LogP contribution is -2.14. The molecule has 3 aromatic rings. The van der Waals surface area contributed by atoms with Gasteiger partial charge in [-0.05, 0) is 78.9 Å². The molecule has 0 unspecified atom stereocenters. The molecule has 3 aromatic carbocycles. The molecule has 2 aliphatic rings. The summed E-state index contributed by atoms with van der Waals surface area (Å²) in [5.41, 5.74) is 5.52. The number of carbonyl (C=O) groups excluding carboxylic acids is 1. The number of hydrogen-bond donors (Lipinski definition) is 1. The van der Waals surface area contributed by atoms with Crippen LogP contribution in [0.15, 0.2) is 83.9 Å². The van der Waals surface area contributed by atoms with Crippen LogP contribution < -0.4 is 10.7 Å². The predicted molar refractivity (Wildman–Crippen MR) is 124 cm³/mol. The topological polar surface area (TPSA) is 59.3 Å².